The van der Waals surface area contributed by atoms with Crippen molar-refractivity contribution in [2.75, 3.05) is 7.05 Å². The molecule has 1 fully saturated rings. The van der Waals surface area contributed by atoms with Crippen LogP contribution >= 0.6 is 12.2 Å². The molecule has 78 valence electrons. The second-order valence-electron chi connectivity index (χ2n) is 3.44. The molecule has 5 heteroatoms. The van der Waals surface area contributed by atoms with E-state index in [0.717, 1.165) is 5.56 Å². The molecule has 1 saturated heterocycles. The minimum Gasteiger partial charge on any atom is -0.355 e. The second kappa shape index (κ2) is 3.94. The molecule has 0 bridgehead atoms. The van der Waals surface area contributed by atoms with Crippen LogP contribution in [-0.4, -0.2) is 28.0 Å². The zero-order chi connectivity index (χ0) is 10.8. The Labute approximate surface area is 93.3 Å². The van der Waals surface area contributed by atoms with Crippen LogP contribution in [0.3, 0.4) is 0 Å². The van der Waals surface area contributed by atoms with E-state index in [0.29, 0.717) is 11.5 Å². The van der Waals surface area contributed by atoms with E-state index in [1.165, 1.54) is 4.90 Å². The molecule has 0 radical (unpaired) electrons. The van der Waals surface area contributed by atoms with Gasteiger partial charge < -0.3 is 5.32 Å². The highest BCUT2D eigenvalue weighted by molar-refractivity contribution is 7.80. The predicted octanol–water partition coefficient (Wildman–Crippen LogP) is 0.859. The summed E-state index contributed by atoms with van der Waals surface area (Å²) in [5, 5.41) is 3.60. The molecule has 0 saturated carbocycles. The second-order valence-corrected chi connectivity index (χ2v) is 3.83. The first-order valence-electron chi connectivity index (χ1n) is 4.65. The Morgan fingerprint density at radius 3 is 2.80 bits per heavy atom. The number of thiocarbonyl (C=S) groups is 1. The Kier molecular flexibility index (Phi) is 2.64. The van der Waals surface area contributed by atoms with E-state index in [1.54, 1.807) is 19.4 Å². The first kappa shape index (κ1) is 10.0. The summed E-state index contributed by atoms with van der Waals surface area (Å²) in [5.74, 6) is 0.0422. The molecule has 2 heterocycles. The van der Waals surface area contributed by atoms with Gasteiger partial charge in [-0.05, 0) is 29.9 Å². The number of nitrogens with one attached hydrogen (secondary N) is 1. The minimum absolute atomic E-state index is 0.0239. The van der Waals surface area contributed by atoms with Crippen molar-refractivity contribution in [1.29, 1.82) is 0 Å². The van der Waals surface area contributed by atoms with Gasteiger partial charge in [0, 0.05) is 19.4 Å². The van der Waals surface area contributed by atoms with E-state index < -0.39 is 0 Å². The molecule has 0 spiro atoms. The fourth-order valence-electron chi connectivity index (χ4n) is 1.52. The number of hydrogen-bond acceptors (Lipinski definition) is 3. The van der Waals surface area contributed by atoms with Crippen LogP contribution in [0.4, 0.5) is 0 Å². The van der Waals surface area contributed by atoms with Gasteiger partial charge in [0.05, 0.1) is 12.5 Å². The van der Waals surface area contributed by atoms with E-state index in [-0.39, 0.29) is 11.9 Å². The van der Waals surface area contributed by atoms with Crippen molar-refractivity contribution in [3.8, 4) is 0 Å². The summed E-state index contributed by atoms with van der Waals surface area (Å²) in [7, 11) is 1.68. The Balaban J connectivity index is 2.20. The quantitative estimate of drug-likeness (QED) is 0.714. The van der Waals surface area contributed by atoms with E-state index in [9.17, 15) is 4.79 Å². The summed E-state index contributed by atoms with van der Waals surface area (Å²) in [6.07, 6.45) is 3.85. The predicted molar refractivity (Wildman–Crippen MR) is 60.1 cm³/mol. The molecule has 1 atom stereocenters. The van der Waals surface area contributed by atoms with Crippen LogP contribution < -0.4 is 5.32 Å². The summed E-state index contributed by atoms with van der Waals surface area (Å²) in [6, 6.07) is 3.75. The lowest BCUT2D eigenvalue weighted by Crippen LogP contribution is -2.48. The Bertz CT molecular complexity index is 375. The standard InChI is InChI=1S/C10H11N3OS/c1-13-9(14)6-8(12-10(13)15)7-2-4-11-5-3-7/h2-5,8H,6H2,1H3,(H,12,15). The zero-order valence-corrected chi connectivity index (χ0v) is 9.12. The van der Waals surface area contributed by atoms with Gasteiger partial charge in [0.2, 0.25) is 5.91 Å². The molecular weight excluding hydrogens is 210 g/mol. The number of aromatic nitrogens is 1. The van der Waals surface area contributed by atoms with Crippen LogP contribution in [0.1, 0.15) is 18.0 Å². The lowest BCUT2D eigenvalue weighted by Gasteiger charge is -2.31. The minimum atomic E-state index is -0.0239. The van der Waals surface area contributed by atoms with Crippen molar-refractivity contribution in [3.05, 3.63) is 30.1 Å². The van der Waals surface area contributed by atoms with Crippen LogP contribution in [0, 0.1) is 0 Å². The third kappa shape index (κ3) is 1.97. The first-order valence-corrected chi connectivity index (χ1v) is 5.06. The van der Waals surface area contributed by atoms with Crippen molar-refractivity contribution in [2.24, 2.45) is 0 Å². The highest BCUT2D eigenvalue weighted by atomic mass is 32.1. The normalized spacial score (nSPS) is 21.4. The van der Waals surface area contributed by atoms with Crippen molar-refractivity contribution >= 4 is 23.2 Å². The highest BCUT2D eigenvalue weighted by Gasteiger charge is 2.27. The van der Waals surface area contributed by atoms with Crippen molar-refractivity contribution in [1.82, 2.24) is 15.2 Å². The smallest absolute Gasteiger partial charge is 0.230 e. The first-order chi connectivity index (χ1) is 7.18. The maximum Gasteiger partial charge on any atom is 0.230 e. The van der Waals surface area contributed by atoms with Crippen LogP contribution in [0.25, 0.3) is 0 Å². The van der Waals surface area contributed by atoms with Crippen molar-refractivity contribution < 1.29 is 4.79 Å². The van der Waals surface area contributed by atoms with Gasteiger partial charge in [0.15, 0.2) is 5.11 Å². The highest BCUT2D eigenvalue weighted by Crippen LogP contribution is 2.20. The van der Waals surface area contributed by atoms with Gasteiger partial charge in [0.25, 0.3) is 0 Å². The Hall–Kier alpha value is -1.49. The van der Waals surface area contributed by atoms with Gasteiger partial charge in [-0.3, -0.25) is 14.7 Å². The van der Waals surface area contributed by atoms with E-state index in [2.05, 4.69) is 10.3 Å². The number of carbonyl (C=O) groups excluding carboxylic acids is 1. The average molecular weight is 221 g/mol. The van der Waals surface area contributed by atoms with Crippen LogP contribution in [0.2, 0.25) is 0 Å². The van der Waals surface area contributed by atoms with Gasteiger partial charge >= 0.3 is 0 Å². The third-order valence-electron chi connectivity index (χ3n) is 2.46. The SMILES string of the molecule is CN1C(=O)CC(c2ccncc2)NC1=S. The summed E-state index contributed by atoms with van der Waals surface area (Å²) in [5.41, 5.74) is 1.04. The fraction of sp³-hybridized carbons (Fsp3) is 0.300. The number of amides is 1. The van der Waals surface area contributed by atoms with Gasteiger partial charge in [-0.1, -0.05) is 0 Å². The van der Waals surface area contributed by atoms with Crippen LogP contribution in [-0.2, 0) is 4.79 Å². The van der Waals surface area contributed by atoms with Gasteiger partial charge in [-0.2, -0.15) is 0 Å². The largest absolute Gasteiger partial charge is 0.355 e. The summed E-state index contributed by atoms with van der Waals surface area (Å²) < 4.78 is 0. The van der Waals surface area contributed by atoms with E-state index >= 15 is 0 Å². The third-order valence-corrected chi connectivity index (χ3v) is 2.86. The molecule has 15 heavy (non-hydrogen) atoms. The number of nitrogens with zero attached hydrogens (tertiary/aromatic N) is 2. The summed E-state index contributed by atoms with van der Waals surface area (Å²) in [6.45, 7) is 0. The molecule has 1 aromatic heterocycles. The molecule has 0 aliphatic carbocycles. The molecule has 2 rings (SSSR count). The monoisotopic (exact) mass is 221 g/mol. The van der Waals surface area contributed by atoms with Gasteiger partial charge in [-0.25, -0.2) is 0 Å². The van der Waals surface area contributed by atoms with Gasteiger partial charge in [-0.15, -0.1) is 0 Å². The molecular formula is C10H11N3OS. The lowest BCUT2D eigenvalue weighted by molar-refractivity contribution is -0.127. The number of hydrogen-bond donors (Lipinski definition) is 1. The number of carbonyl (C=O) groups is 1. The topological polar surface area (TPSA) is 45.2 Å². The molecule has 1 aromatic rings. The molecule has 4 nitrogen and oxygen atoms in total. The summed E-state index contributed by atoms with van der Waals surface area (Å²) >= 11 is 5.06. The molecule has 1 amide bonds. The Morgan fingerprint density at radius 1 is 1.53 bits per heavy atom. The maximum absolute atomic E-state index is 11.6. The van der Waals surface area contributed by atoms with Crippen molar-refractivity contribution in [3.63, 3.8) is 0 Å². The average Bonchev–Trinajstić information content (AvgIpc) is 2.26. The van der Waals surface area contributed by atoms with Gasteiger partial charge in [0.1, 0.15) is 0 Å². The number of pyridine rings is 1. The molecule has 0 aromatic carbocycles. The van der Waals surface area contributed by atoms with E-state index in [4.69, 9.17) is 12.2 Å². The maximum atomic E-state index is 11.6. The molecule has 1 aliphatic rings. The molecule has 1 aliphatic heterocycles. The Morgan fingerprint density at radius 2 is 2.20 bits per heavy atom. The van der Waals surface area contributed by atoms with Crippen LogP contribution in [0.15, 0.2) is 24.5 Å². The van der Waals surface area contributed by atoms with E-state index in [1.807, 2.05) is 12.1 Å². The number of rotatable bonds is 1. The lowest BCUT2D eigenvalue weighted by atomic mass is 10.0. The molecule has 1 unspecified atom stereocenters. The fourth-order valence-corrected chi connectivity index (χ4v) is 1.76. The zero-order valence-electron chi connectivity index (χ0n) is 8.30. The van der Waals surface area contributed by atoms with Crippen molar-refractivity contribution in [2.45, 2.75) is 12.5 Å². The molecule has 1 N–H and O–H groups in total. The van der Waals surface area contributed by atoms with Crippen LogP contribution in [0.5, 0.6) is 0 Å². The summed E-state index contributed by atoms with van der Waals surface area (Å²) in [4.78, 5) is 17.0.